The fourth-order valence-corrected chi connectivity index (χ4v) is 6.68. The number of esters is 1. The van der Waals surface area contributed by atoms with Crippen molar-refractivity contribution in [2.75, 3.05) is 25.6 Å². The molecule has 4 rings (SSSR count). The van der Waals surface area contributed by atoms with Gasteiger partial charge in [-0.25, -0.2) is 19.8 Å². The molecule has 20 heteroatoms. The summed E-state index contributed by atoms with van der Waals surface area (Å²) in [5.41, 5.74) is 0.757. The summed E-state index contributed by atoms with van der Waals surface area (Å²) in [5.74, 6) is -2.18. The fourth-order valence-electron chi connectivity index (χ4n) is 4.62. The van der Waals surface area contributed by atoms with Crippen molar-refractivity contribution < 1.29 is 57.1 Å². The highest BCUT2D eigenvalue weighted by atomic mass is 35.5. The summed E-state index contributed by atoms with van der Waals surface area (Å²) >= 11 is 6.40. The van der Waals surface area contributed by atoms with E-state index >= 15 is 0 Å². The van der Waals surface area contributed by atoms with Gasteiger partial charge in [0, 0.05) is 36.2 Å². The van der Waals surface area contributed by atoms with E-state index in [2.05, 4.69) is 31.1 Å². The third kappa shape index (κ3) is 12.3. The van der Waals surface area contributed by atoms with Gasteiger partial charge in [-0.3, -0.25) is 29.2 Å². The first-order chi connectivity index (χ1) is 25.6. The molecule has 0 radical (unpaired) electrons. The number of amides is 4. The van der Waals surface area contributed by atoms with E-state index in [1.165, 1.54) is 45.4 Å². The van der Waals surface area contributed by atoms with Crippen LogP contribution in [0.2, 0.25) is 5.02 Å². The van der Waals surface area contributed by atoms with Crippen LogP contribution in [0.15, 0.2) is 42.6 Å². The topological polar surface area (TPSA) is 242 Å². The Morgan fingerprint density at radius 3 is 2.35 bits per heavy atom. The number of carbonyl (C=O) groups excluding carboxylic acids is 4. The Balaban J connectivity index is 1.36. The summed E-state index contributed by atoms with van der Waals surface area (Å²) < 4.78 is 40.4. The number of fused-ring (bicyclic) bond motifs is 1. The van der Waals surface area contributed by atoms with Crippen molar-refractivity contribution >= 4 is 65.8 Å². The van der Waals surface area contributed by atoms with Crippen molar-refractivity contribution in [3.63, 3.8) is 0 Å². The van der Waals surface area contributed by atoms with Gasteiger partial charge >= 0.3 is 31.7 Å². The fraction of sp³-hybridized carbons (Fsp3) is 0.412. The van der Waals surface area contributed by atoms with Gasteiger partial charge < -0.3 is 39.2 Å². The second kappa shape index (κ2) is 18.9. The van der Waals surface area contributed by atoms with Crippen LogP contribution in [0.25, 0.3) is 10.9 Å². The molecule has 54 heavy (non-hydrogen) atoms. The lowest BCUT2D eigenvalue weighted by molar-refractivity contribution is -0.149. The standard InChI is InChI=1S/C34H42ClN6O12P/c1-18(2)52-32(45)20(4)41-54(48,40-19(3)31(43)44)51-14-6-13-50-34(47)39-30(42)24-16-23-27(17-29(24)49-5)36-12-11-28(23)53-22-9-10-26(25(35)15-22)38-33(46)37-21-7-8-21/h9-12,15-21H,6-8,13-14H2,1-5H3,(H,43,44)(H2,37,38,46)(H,39,42,47)(H2,40,41,48)/t19-,20-,54?/m0/s1. The lowest BCUT2D eigenvalue weighted by atomic mass is 10.1. The number of urea groups is 1. The van der Waals surface area contributed by atoms with Gasteiger partial charge in [-0.05, 0) is 64.8 Å². The van der Waals surface area contributed by atoms with Crippen molar-refractivity contribution in [2.24, 2.45) is 0 Å². The van der Waals surface area contributed by atoms with E-state index in [0.717, 1.165) is 12.8 Å². The van der Waals surface area contributed by atoms with Gasteiger partial charge in [-0.1, -0.05) is 11.6 Å². The average Bonchev–Trinajstić information content (AvgIpc) is 3.92. The number of halogens is 1. The van der Waals surface area contributed by atoms with Gasteiger partial charge in [0.2, 0.25) is 0 Å². The van der Waals surface area contributed by atoms with Crippen LogP contribution in [0.1, 0.15) is 57.3 Å². The maximum Gasteiger partial charge on any atom is 0.414 e. The Morgan fingerprint density at radius 1 is 0.981 bits per heavy atom. The second-order valence-corrected chi connectivity index (χ2v) is 14.6. The number of carboxylic acids is 1. The highest BCUT2D eigenvalue weighted by Crippen LogP contribution is 2.39. The quantitative estimate of drug-likeness (QED) is 0.0541. The Morgan fingerprint density at radius 2 is 1.70 bits per heavy atom. The smallest absolute Gasteiger partial charge is 0.414 e. The van der Waals surface area contributed by atoms with E-state index in [1.807, 2.05) is 0 Å². The van der Waals surface area contributed by atoms with Crippen LogP contribution in [-0.4, -0.2) is 84.6 Å². The van der Waals surface area contributed by atoms with E-state index in [-0.39, 0.29) is 48.0 Å². The molecular weight excluding hydrogens is 751 g/mol. The molecule has 1 heterocycles. The number of hydrogen-bond donors (Lipinski definition) is 6. The number of ether oxygens (including phenoxy) is 4. The Kier molecular flexibility index (Phi) is 14.6. The first-order valence-electron chi connectivity index (χ1n) is 16.8. The zero-order valence-electron chi connectivity index (χ0n) is 30.1. The lowest BCUT2D eigenvalue weighted by Gasteiger charge is -2.25. The molecule has 6 N–H and O–H groups in total. The van der Waals surface area contributed by atoms with Crippen LogP contribution in [0.3, 0.4) is 0 Å². The summed E-state index contributed by atoms with van der Waals surface area (Å²) in [7, 11) is -2.78. The predicted molar refractivity (Wildman–Crippen MR) is 196 cm³/mol. The highest BCUT2D eigenvalue weighted by molar-refractivity contribution is 7.54. The van der Waals surface area contributed by atoms with Crippen LogP contribution < -0.4 is 35.6 Å². The Bertz CT molecular complexity index is 1930. The molecule has 0 spiro atoms. The Hall–Kier alpha value is -5.00. The zero-order valence-corrected chi connectivity index (χ0v) is 31.7. The maximum atomic E-state index is 13.4. The molecule has 0 aliphatic heterocycles. The largest absolute Gasteiger partial charge is 0.496 e. The summed E-state index contributed by atoms with van der Waals surface area (Å²) in [4.78, 5) is 65.8. The third-order valence-electron chi connectivity index (χ3n) is 7.41. The van der Waals surface area contributed by atoms with Crippen LogP contribution in [0.4, 0.5) is 15.3 Å². The molecule has 18 nitrogen and oxygen atoms in total. The minimum atomic E-state index is -4.12. The number of hydrogen-bond acceptors (Lipinski definition) is 12. The molecule has 0 saturated heterocycles. The van der Waals surface area contributed by atoms with Gasteiger partial charge in [0.25, 0.3) is 5.91 Å². The molecule has 3 atom stereocenters. The van der Waals surface area contributed by atoms with Crippen molar-refractivity contribution in [3.8, 4) is 17.2 Å². The SMILES string of the molecule is COc1cc2nccc(Oc3ccc(NC(=O)NC4CC4)c(Cl)c3)c2cc1C(=O)NC(=O)OCCCOP(=O)(N[C@@H](C)C(=O)O)N[C@@H](C)C(=O)OC(C)C. The van der Waals surface area contributed by atoms with Gasteiger partial charge in [0.1, 0.15) is 29.3 Å². The number of anilines is 1. The number of carbonyl (C=O) groups is 5. The average molecular weight is 793 g/mol. The molecule has 292 valence electrons. The number of benzene rings is 2. The lowest BCUT2D eigenvalue weighted by Crippen LogP contribution is -2.42. The van der Waals surface area contributed by atoms with E-state index in [0.29, 0.717) is 28.1 Å². The van der Waals surface area contributed by atoms with Gasteiger partial charge in [0.15, 0.2) is 0 Å². The van der Waals surface area contributed by atoms with Crippen molar-refractivity contribution in [2.45, 2.75) is 71.2 Å². The number of carboxylic acid groups (broad SMARTS) is 1. The third-order valence-corrected chi connectivity index (χ3v) is 9.72. The zero-order chi connectivity index (χ0) is 39.6. The number of methoxy groups -OCH3 is 1. The summed E-state index contributed by atoms with van der Waals surface area (Å²) in [6.07, 6.45) is 1.79. The number of nitrogens with zero attached hydrogens (tertiary/aromatic N) is 1. The molecule has 0 bridgehead atoms. The van der Waals surface area contributed by atoms with Gasteiger partial charge in [-0.15, -0.1) is 0 Å². The minimum Gasteiger partial charge on any atom is -0.496 e. The number of aromatic nitrogens is 1. The second-order valence-electron chi connectivity index (χ2n) is 12.3. The van der Waals surface area contributed by atoms with Gasteiger partial charge in [-0.2, -0.15) is 0 Å². The molecule has 1 saturated carbocycles. The molecule has 1 unspecified atom stereocenters. The molecular formula is C34H42ClN6O12P. The van der Waals surface area contributed by atoms with Crippen molar-refractivity contribution in [1.29, 1.82) is 0 Å². The van der Waals surface area contributed by atoms with Crippen LogP contribution in [-0.2, 0) is 28.2 Å². The Labute approximate surface area is 315 Å². The van der Waals surface area contributed by atoms with Crippen LogP contribution in [0.5, 0.6) is 17.2 Å². The predicted octanol–water partition coefficient (Wildman–Crippen LogP) is 5.35. The summed E-state index contributed by atoms with van der Waals surface area (Å²) in [6, 6.07) is 6.59. The summed E-state index contributed by atoms with van der Waals surface area (Å²) in [5, 5.41) is 22.3. The van der Waals surface area contributed by atoms with E-state index in [1.54, 1.807) is 32.0 Å². The molecule has 2 aromatic carbocycles. The van der Waals surface area contributed by atoms with Crippen molar-refractivity contribution in [3.05, 3.63) is 53.2 Å². The van der Waals surface area contributed by atoms with E-state index in [9.17, 15) is 33.6 Å². The molecule has 1 fully saturated rings. The van der Waals surface area contributed by atoms with Gasteiger partial charge in [0.05, 0.1) is 48.2 Å². The van der Waals surface area contributed by atoms with Crippen LogP contribution >= 0.6 is 19.3 Å². The number of pyridine rings is 1. The number of imide groups is 1. The molecule has 1 aliphatic carbocycles. The first-order valence-corrected chi connectivity index (χ1v) is 18.8. The normalized spacial score (nSPS) is 14.6. The molecule has 4 amide bonds. The molecule has 1 aliphatic rings. The van der Waals surface area contributed by atoms with E-state index in [4.69, 9.17) is 35.1 Å². The number of aliphatic carboxylic acids is 1. The summed E-state index contributed by atoms with van der Waals surface area (Å²) in [6.45, 7) is 5.29. The van der Waals surface area contributed by atoms with E-state index < -0.39 is 49.8 Å². The van der Waals surface area contributed by atoms with Crippen LogP contribution in [0, 0.1) is 0 Å². The maximum absolute atomic E-state index is 13.4. The number of alkyl carbamates (subject to hydrolysis) is 1. The number of nitrogens with one attached hydrogen (secondary N) is 5. The molecule has 1 aromatic heterocycles. The molecule has 3 aromatic rings. The number of rotatable bonds is 18. The van der Waals surface area contributed by atoms with Crippen molar-refractivity contribution in [1.82, 2.24) is 25.8 Å². The monoisotopic (exact) mass is 792 g/mol. The highest BCUT2D eigenvalue weighted by Gasteiger charge is 2.33. The minimum absolute atomic E-state index is 0.0262. The first kappa shape index (κ1) is 41.8.